The molecule has 0 aliphatic rings. The van der Waals surface area contributed by atoms with Crippen molar-refractivity contribution >= 4 is 34.3 Å². The van der Waals surface area contributed by atoms with Crippen LogP contribution in [-0.4, -0.2) is 42.5 Å². The van der Waals surface area contributed by atoms with E-state index < -0.39 is 10.0 Å². The van der Waals surface area contributed by atoms with Crippen LogP contribution in [0.2, 0.25) is 0 Å². The molecule has 2 N–H and O–H groups in total. The average Bonchev–Trinajstić information content (AvgIpc) is 3.14. The first kappa shape index (κ1) is 23.9. The highest BCUT2D eigenvalue weighted by atomic mass is 32.2. The number of nitrogens with one attached hydrogen (secondary N) is 2. The van der Waals surface area contributed by atoms with Crippen LogP contribution in [0.3, 0.4) is 0 Å². The molecule has 35 heavy (non-hydrogen) atoms. The number of carbonyl (C=O) groups excluding carboxylic acids is 1. The van der Waals surface area contributed by atoms with Gasteiger partial charge in [-0.1, -0.05) is 36.9 Å². The summed E-state index contributed by atoms with van der Waals surface area (Å²) in [5, 5.41) is 6.71. The van der Waals surface area contributed by atoms with Crippen molar-refractivity contribution in [1.29, 1.82) is 0 Å². The Labute approximate surface area is 202 Å². The number of aromatic amines is 1. The van der Waals surface area contributed by atoms with Crippen molar-refractivity contribution in [3.8, 4) is 5.69 Å². The van der Waals surface area contributed by atoms with Gasteiger partial charge in [-0.2, -0.15) is 0 Å². The number of anilines is 1. The first-order chi connectivity index (χ1) is 16.7. The number of aromatic nitrogens is 2. The molecule has 178 valence electrons. The van der Waals surface area contributed by atoms with Gasteiger partial charge >= 0.3 is 0 Å². The summed E-state index contributed by atoms with van der Waals surface area (Å²) >= 11 is 0. The molecule has 0 saturated heterocycles. The number of rotatable bonds is 6. The standard InChI is InChI=1S/C26H24N4O4S/c1-18-24(26(32)30(28-18)22-7-5-4-6-8-22)17-19-9-13-21(14-10-19)27-25(31)20-11-15-23(16-12-20)35(33,34)29(2)3/h4-17,28H,1H2,2-3H3,(H,27,31)/b24-17-. The van der Waals surface area contributed by atoms with Crippen LogP contribution >= 0.6 is 0 Å². The molecule has 0 atom stereocenters. The highest BCUT2D eigenvalue weighted by Gasteiger charge is 2.17. The van der Waals surface area contributed by atoms with Gasteiger partial charge in [0.05, 0.1) is 21.2 Å². The summed E-state index contributed by atoms with van der Waals surface area (Å²) in [5.41, 5.74) is 2.16. The first-order valence-corrected chi connectivity index (χ1v) is 12.1. The van der Waals surface area contributed by atoms with Gasteiger partial charge in [0.1, 0.15) is 0 Å². The predicted octanol–water partition coefficient (Wildman–Crippen LogP) is 1.91. The second-order valence-corrected chi connectivity index (χ2v) is 10.2. The van der Waals surface area contributed by atoms with E-state index in [0.29, 0.717) is 27.5 Å². The van der Waals surface area contributed by atoms with Gasteiger partial charge in [0.15, 0.2) is 0 Å². The fourth-order valence-corrected chi connectivity index (χ4v) is 4.33. The zero-order valence-corrected chi connectivity index (χ0v) is 20.0. The Kier molecular flexibility index (Phi) is 6.54. The molecule has 4 rings (SSSR count). The van der Waals surface area contributed by atoms with E-state index in [0.717, 1.165) is 9.87 Å². The smallest absolute Gasteiger partial charge is 0.279 e. The molecule has 4 aromatic rings. The van der Waals surface area contributed by atoms with Crippen LogP contribution in [0.1, 0.15) is 15.9 Å². The number of carbonyl (C=O) groups is 1. The van der Waals surface area contributed by atoms with Crippen LogP contribution in [0, 0.1) is 0 Å². The number of hydrogen-bond acceptors (Lipinski definition) is 4. The normalized spacial score (nSPS) is 12.1. The lowest BCUT2D eigenvalue weighted by atomic mass is 10.1. The summed E-state index contributed by atoms with van der Waals surface area (Å²) in [4.78, 5) is 25.5. The van der Waals surface area contributed by atoms with E-state index in [-0.39, 0.29) is 16.4 Å². The predicted molar refractivity (Wildman–Crippen MR) is 136 cm³/mol. The van der Waals surface area contributed by atoms with Gasteiger partial charge in [-0.3, -0.25) is 14.7 Å². The largest absolute Gasteiger partial charge is 0.322 e. The fourth-order valence-electron chi connectivity index (χ4n) is 3.42. The fraction of sp³-hybridized carbons (Fsp3) is 0.0769. The Balaban J connectivity index is 1.52. The number of sulfonamides is 1. The number of amides is 1. The SMILES string of the molecule is C=c1[nH]n(-c2ccccc2)c(=O)/c1=C\c1ccc(NC(=O)c2ccc(S(=O)(=O)N(C)C)cc2)cc1. The first-order valence-electron chi connectivity index (χ1n) is 10.7. The van der Waals surface area contributed by atoms with E-state index in [1.165, 1.54) is 43.0 Å². The summed E-state index contributed by atoms with van der Waals surface area (Å²) < 4.78 is 26.9. The molecular weight excluding hydrogens is 464 g/mol. The monoisotopic (exact) mass is 488 g/mol. The molecule has 0 saturated carbocycles. The maximum atomic E-state index is 12.9. The third-order valence-corrected chi connectivity index (χ3v) is 7.22. The number of H-pyrrole nitrogens is 1. The molecular formula is C26H24N4O4S. The van der Waals surface area contributed by atoms with Crippen molar-refractivity contribution in [3.05, 3.63) is 111 Å². The van der Waals surface area contributed by atoms with Gasteiger partial charge in [0, 0.05) is 25.3 Å². The maximum absolute atomic E-state index is 12.9. The number of benzene rings is 3. The van der Waals surface area contributed by atoms with Crippen LogP contribution < -0.4 is 21.4 Å². The lowest BCUT2D eigenvalue weighted by molar-refractivity contribution is 0.102. The third kappa shape index (κ3) is 5.01. The summed E-state index contributed by atoms with van der Waals surface area (Å²) in [6, 6.07) is 22.0. The summed E-state index contributed by atoms with van der Waals surface area (Å²) in [7, 11) is -0.665. The molecule has 1 aromatic heterocycles. The minimum Gasteiger partial charge on any atom is -0.322 e. The maximum Gasteiger partial charge on any atom is 0.279 e. The van der Waals surface area contributed by atoms with Gasteiger partial charge in [0.25, 0.3) is 11.5 Å². The molecule has 0 radical (unpaired) electrons. The van der Waals surface area contributed by atoms with E-state index in [2.05, 4.69) is 17.0 Å². The molecule has 1 amide bonds. The van der Waals surface area contributed by atoms with Crippen molar-refractivity contribution < 1.29 is 13.2 Å². The molecule has 0 unspecified atom stereocenters. The quantitative estimate of drug-likeness (QED) is 0.433. The van der Waals surface area contributed by atoms with Gasteiger partial charge in [-0.25, -0.2) is 17.4 Å². The van der Waals surface area contributed by atoms with Crippen LogP contribution in [0.4, 0.5) is 5.69 Å². The van der Waals surface area contributed by atoms with E-state index in [1.54, 1.807) is 30.3 Å². The van der Waals surface area contributed by atoms with E-state index in [4.69, 9.17) is 0 Å². The highest BCUT2D eigenvalue weighted by Crippen LogP contribution is 2.16. The van der Waals surface area contributed by atoms with E-state index in [1.807, 2.05) is 30.3 Å². The summed E-state index contributed by atoms with van der Waals surface area (Å²) in [6.45, 7) is 3.94. The molecule has 0 aliphatic heterocycles. The van der Waals surface area contributed by atoms with Crippen LogP contribution in [-0.2, 0) is 10.0 Å². The van der Waals surface area contributed by atoms with Crippen molar-refractivity contribution in [1.82, 2.24) is 14.1 Å². The van der Waals surface area contributed by atoms with Crippen molar-refractivity contribution in [2.24, 2.45) is 0 Å². The Morgan fingerprint density at radius 3 is 2.20 bits per heavy atom. The van der Waals surface area contributed by atoms with Gasteiger partial charge in [-0.05, 0) is 60.2 Å². The van der Waals surface area contributed by atoms with E-state index in [9.17, 15) is 18.0 Å². The number of nitrogens with zero attached hydrogens (tertiary/aromatic N) is 2. The van der Waals surface area contributed by atoms with Crippen molar-refractivity contribution in [3.63, 3.8) is 0 Å². The lowest BCUT2D eigenvalue weighted by Gasteiger charge is -2.11. The van der Waals surface area contributed by atoms with Gasteiger partial charge in [-0.15, -0.1) is 0 Å². The topological polar surface area (TPSA) is 104 Å². The van der Waals surface area contributed by atoms with Gasteiger partial charge < -0.3 is 5.32 Å². The van der Waals surface area contributed by atoms with Crippen LogP contribution in [0.15, 0.2) is 88.6 Å². The number of para-hydroxylation sites is 1. The average molecular weight is 489 g/mol. The molecule has 0 spiro atoms. The molecule has 1 heterocycles. The summed E-state index contributed by atoms with van der Waals surface area (Å²) in [6.07, 6.45) is 1.73. The second-order valence-electron chi connectivity index (χ2n) is 8.01. The molecule has 9 heteroatoms. The molecule has 0 aliphatic carbocycles. The van der Waals surface area contributed by atoms with Crippen LogP contribution in [0.5, 0.6) is 0 Å². The van der Waals surface area contributed by atoms with E-state index >= 15 is 0 Å². The zero-order chi connectivity index (χ0) is 25.2. The molecule has 3 aromatic carbocycles. The molecule has 8 nitrogen and oxygen atoms in total. The summed E-state index contributed by atoms with van der Waals surface area (Å²) in [5.74, 6) is -0.369. The molecule has 0 bridgehead atoms. The Bertz CT molecular complexity index is 1640. The number of hydrogen-bond donors (Lipinski definition) is 2. The minimum absolute atomic E-state index is 0.111. The second kappa shape index (κ2) is 9.57. The Hall–Kier alpha value is -4.21. The molecule has 0 fully saturated rings. The lowest BCUT2D eigenvalue weighted by Crippen LogP contribution is -2.33. The van der Waals surface area contributed by atoms with Crippen molar-refractivity contribution in [2.75, 3.05) is 19.4 Å². The van der Waals surface area contributed by atoms with Crippen molar-refractivity contribution in [2.45, 2.75) is 4.90 Å². The minimum atomic E-state index is -3.56. The van der Waals surface area contributed by atoms with Crippen LogP contribution in [0.25, 0.3) is 18.3 Å². The van der Waals surface area contributed by atoms with Gasteiger partial charge in [0.2, 0.25) is 10.0 Å². The Morgan fingerprint density at radius 1 is 0.971 bits per heavy atom. The third-order valence-electron chi connectivity index (χ3n) is 5.39. The highest BCUT2D eigenvalue weighted by molar-refractivity contribution is 7.89. The zero-order valence-electron chi connectivity index (χ0n) is 19.2. The Morgan fingerprint density at radius 2 is 1.60 bits per heavy atom.